The summed E-state index contributed by atoms with van der Waals surface area (Å²) in [6, 6.07) is 1.54. The second-order valence-electron chi connectivity index (χ2n) is 6.16. The van der Waals surface area contributed by atoms with Crippen LogP contribution in [0.5, 0.6) is 0 Å². The molecule has 2 fully saturated rings. The fraction of sp³-hybridized carbons (Fsp3) is 1.00. The van der Waals surface area contributed by atoms with Crippen LogP contribution in [0.1, 0.15) is 51.9 Å². The highest BCUT2D eigenvalue weighted by Crippen LogP contribution is 2.30. The van der Waals surface area contributed by atoms with E-state index in [1.807, 2.05) is 0 Å². The Kier molecular flexibility index (Phi) is 5.93. The number of rotatable bonds is 7. The fourth-order valence-corrected chi connectivity index (χ4v) is 3.44. The van der Waals surface area contributed by atoms with Crippen LogP contribution in [0.2, 0.25) is 0 Å². The fourth-order valence-electron chi connectivity index (χ4n) is 3.44. The molecule has 106 valence electrons. The molecular formula is C15H30N2O. The van der Waals surface area contributed by atoms with E-state index in [-0.39, 0.29) is 0 Å². The SMILES string of the molecule is CCCC1CC(NCCCO)CN(C2CCC2)C1. The summed E-state index contributed by atoms with van der Waals surface area (Å²) in [6.07, 6.45) is 9.18. The Morgan fingerprint density at radius 3 is 2.72 bits per heavy atom. The minimum absolute atomic E-state index is 0.310. The van der Waals surface area contributed by atoms with Gasteiger partial charge in [-0.1, -0.05) is 19.8 Å². The van der Waals surface area contributed by atoms with Gasteiger partial charge < -0.3 is 10.4 Å². The summed E-state index contributed by atoms with van der Waals surface area (Å²) in [5.74, 6) is 0.885. The van der Waals surface area contributed by atoms with Crippen LogP contribution in [0, 0.1) is 5.92 Å². The molecule has 0 spiro atoms. The molecule has 2 atom stereocenters. The molecular weight excluding hydrogens is 224 g/mol. The van der Waals surface area contributed by atoms with E-state index < -0.39 is 0 Å². The third-order valence-corrected chi connectivity index (χ3v) is 4.62. The van der Waals surface area contributed by atoms with Gasteiger partial charge in [0.15, 0.2) is 0 Å². The topological polar surface area (TPSA) is 35.5 Å². The van der Waals surface area contributed by atoms with Crippen molar-refractivity contribution in [2.45, 2.75) is 64.0 Å². The van der Waals surface area contributed by atoms with Crippen molar-refractivity contribution in [2.75, 3.05) is 26.2 Å². The molecule has 2 unspecified atom stereocenters. The molecule has 0 bridgehead atoms. The summed E-state index contributed by atoms with van der Waals surface area (Å²) in [6.45, 7) is 6.15. The molecule has 1 saturated heterocycles. The lowest BCUT2D eigenvalue weighted by Gasteiger charge is -2.45. The van der Waals surface area contributed by atoms with E-state index >= 15 is 0 Å². The summed E-state index contributed by atoms with van der Waals surface area (Å²) in [7, 11) is 0. The molecule has 3 nitrogen and oxygen atoms in total. The van der Waals surface area contributed by atoms with Crippen LogP contribution < -0.4 is 5.32 Å². The second kappa shape index (κ2) is 7.46. The zero-order chi connectivity index (χ0) is 12.8. The van der Waals surface area contributed by atoms with Gasteiger partial charge in [0.25, 0.3) is 0 Å². The van der Waals surface area contributed by atoms with Crippen LogP contribution in [0.3, 0.4) is 0 Å². The molecule has 1 aliphatic heterocycles. The molecule has 1 aliphatic carbocycles. The standard InChI is InChI=1S/C15H30N2O/c1-2-5-13-10-14(16-8-4-9-18)12-17(11-13)15-6-3-7-15/h13-16,18H,2-12H2,1H3. The zero-order valence-corrected chi connectivity index (χ0v) is 11.9. The summed E-state index contributed by atoms with van der Waals surface area (Å²) in [5, 5.41) is 12.5. The Hall–Kier alpha value is -0.120. The zero-order valence-electron chi connectivity index (χ0n) is 11.9. The Labute approximate surface area is 112 Å². The number of nitrogens with zero attached hydrogens (tertiary/aromatic N) is 1. The van der Waals surface area contributed by atoms with Crippen molar-refractivity contribution in [2.24, 2.45) is 5.92 Å². The average molecular weight is 254 g/mol. The Balaban J connectivity index is 1.80. The molecule has 0 radical (unpaired) electrons. The number of aliphatic hydroxyl groups excluding tert-OH is 1. The minimum atomic E-state index is 0.310. The number of piperidine rings is 1. The smallest absolute Gasteiger partial charge is 0.0443 e. The van der Waals surface area contributed by atoms with Gasteiger partial charge in [0.05, 0.1) is 0 Å². The highest BCUT2D eigenvalue weighted by molar-refractivity contribution is 4.89. The van der Waals surface area contributed by atoms with E-state index in [0.717, 1.165) is 24.9 Å². The maximum Gasteiger partial charge on any atom is 0.0443 e. The van der Waals surface area contributed by atoms with Crippen molar-refractivity contribution in [1.29, 1.82) is 0 Å². The Morgan fingerprint density at radius 2 is 2.11 bits per heavy atom. The van der Waals surface area contributed by atoms with E-state index in [1.165, 1.54) is 51.6 Å². The number of hydrogen-bond donors (Lipinski definition) is 2. The maximum absolute atomic E-state index is 8.87. The van der Waals surface area contributed by atoms with E-state index in [4.69, 9.17) is 5.11 Å². The highest BCUT2D eigenvalue weighted by Gasteiger charge is 2.32. The van der Waals surface area contributed by atoms with Crippen LogP contribution in [0.4, 0.5) is 0 Å². The van der Waals surface area contributed by atoms with Gasteiger partial charge in [-0.25, -0.2) is 0 Å². The molecule has 2 rings (SSSR count). The van der Waals surface area contributed by atoms with Crippen LogP contribution in [0.15, 0.2) is 0 Å². The largest absolute Gasteiger partial charge is 0.396 e. The van der Waals surface area contributed by atoms with Crippen LogP contribution in [-0.4, -0.2) is 48.3 Å². The maximum atomic E-state index is 8.87. The van der Waals surface area contributed by atoms with Crippen molar-refractivity contribution in [3.8, 4) is 0 Å². The van der Waals surface area contributed by atoms with Crippen molar-refractivity contribution < 1.29 is 5.11 Å². The minimum Gasteiger partial charge on any atom is -0.396 e. The van der Waals surface area contributed by atoms with Gasteiger partial charge in [-0.2, -0.15) is 0 Å². The number of nitrogens with one attached hydrogen (secondary N) is 1. The molecule has 1 saturated carbocycles. The highest BCUT2D eigenvalue weighted by atomic mass is 16.3. The van der Waals surface area contributed by atoms with E-state index in [9.17, 15) is 0 Å². The Bertz CT molecular complexity index is 231. The number of hydrogen-bond acceptors (Lipinski definition) is 3. The van der Waals surface area contributed by atoms with Crippen LogP contribution in [-0.2, 0) is 0 Å². The lowest BCUT2D eigenvalue weighted by atomic mass is 9.85. The second-order valence-corrected chi connectivity index (χ2v) is 6.16. The first-order valence-corrected chi connectivity index (χ1v) is 7.91. The molecule has 0 amide bonds. The summed E-state index contributed by atoms with van der Waals surface area (Å²) < 4.78 is 0. The summed E-state index contributed by atoms with van der Waals surface area (Å²) >= 11 is 0. The van der Waals surface area contributed by atoms with E-state index in [1.54, 1.807) is 0 Å². The van der Waals surface area contributed by atoms with Gasteiger partial charge in [-0.15, -0.1) is 0 Å². The predicted molar refractivity (Wildman–Crippen MR) is 75.7 cm³/mol. The first-order chi connectivity index (χ1) is 8.83. The van der Waals surface area contributed by atoms with Gasteiger partial charge in [0, 0.05) is 31.8 Å². The van der Waals surface area contributed by atoms with Crippen LogP contribution >= 0.6 is 0 Å². The quantitative estimate of drug-likeness (QED) is 0.682. The monoisotopic (exact) mass is 254 g/mol. The van der Waals surface area contributed by atoms with E-state index in [0.29, 0.717) is 12.6 Å². The number of aliphatic hydroxyl groups is 1. The molecule has 1 heterocycles. The molecule has 0 aromatic carbocycles. The van der Waals surface area contributed by atoms with Gasteiger partial charge in [-0.3, -0.25) is 4.90 Å². The first kappa shape index (κ1) is 14.3. The summed E-state index contributed by atoms with van der Waals surface area (Å²) in [4.78, 5) is 2.74. The predicted octanol–water partition coefficient (Wildman–Crippen LogP) is 2.00. The van der Waals surface area contributed by atoms with Crippen molar-refractivity contribution >= 4 is 0 Å². The Morgan fingerprint density at radius 1 is 1.28 bits per heavy atom. The molecule has 3 heteroatoms. The third kappa shape index (κ3) is 3.94. The molecule has 2 N–H and O–H groups in total. The van der Waals surface area contributed by atoms with Crippen LogP contribution in [0.25, 0.3) is 0 Å². The van der Waals surface area contributed by atoms with Gasteiger partial charge in [0.1, 0.15) is 0 Å². The van der Waals surface area contributed by atoms with Crippen molar-refractivity contribution in [1.82, 2.24) is 10.2 Å². The molecule has 0 aromatic rings. The summed E-state index contributed by atoms with van der Waals surface area (Å²) in [5.41, 5.74) is 0. The molecule has 2 aliphatic rings. The van der Waals surface area contributed by atoms with Gasteiger partial charge in [-0.05, 0) is 44.6 Å². The number of likely N-dealkylation sites (tertiary alicyclic amines) is 1. The average Bonchev–Trinajstić information content (AvgIpc) is 2.27. The van der Waals surface area contributed by atoms with Gasteiger partial charge >= 0.3 is 0 Å². The molecule has 0 aromatic heterocycles. The first-order valence-electron chi connectivity index (χ1n) is 7.91. The van der Waals surface area contributed by atoms with Gasteiger partial charge in [0.2, 0.25) is 0 Å². The molecule has 18 heavy (non-hydrogen) atoms. The lowest BCUT2D eigenvalue weighted by molar-refractivity contribution is 0.0557. The van der Waals surface area contributed by atoms with Crippen molar-refractivity contribution in [3.05, 3.63) is 0 Å². The van der Waals surface area contributed by atoms with E-state index in [2.05, 4.69) is 17.1 Å². The third-order valence-electron chi connectivity index (χ3n) is 4.62. The lowest BCUT2D eigenvalue weighted by Crippen LogP contribution is -2.54. The van der Waals surface area contributed by atoms with Crippen molar-refractivity contribution in [3.63, 3.8) is 0 Å². The normalized spacial score (nSPS) is 30.3.